The number of hydrogen-bond acceptors (Lipinski definition) is 2. The van der Waals surface area contributed by atoms with Crippen molar-refractivity contribution in [2.45, 2.75) is 65.7 Å². The summed E-state index contributed by atoms with van der Waals surface area (Å²) in [6.45, 7) is 16.7. The van der Waals surface area contributed by atoms with Crippen LogP contribution in [0.5, 0.6) is 0 Å². The van der Waals surface area contributed by atoms with Crippen LogP contribution >= 0.6 is 0 Å². The zero-order chi connectivity index (χ0) is 25.7. The summed E-state index contributed by atoms with van der Waals surface area (Å²) in [5.41, 5.74) is 6.37. The summed E-state index contributed by atoms with van der Waals surface area (Å²) in [5.74, 6) is 0.612. The minimum absolute atomic E-state index is 0.0729. The zero-order valence-corrected chi connectivity index (χ0v) is 22.3. The minimum Gasteiger partial charge on any atom is -0.358 e. The Labute approximate surface area is 210 Å². The fourth-order valence-corrected chi connectivity index (χ4v) is 4.96. The molecule has 0 bridgehead atoms. The van der Waals surface area contributed by atoms with E-state index in [0.29, 0.717) is 12.5 Å². The highest BCUT2D eigenvalue weighted by atomic mass is 19.1. The standard InChI is InChI=1S/C30H42FN3O/c1-8-21(6)26(31)17-24(15-19(2)3)30-29(20(4)5)25-16-23(9-10-27(25)33-30)22-11-13-34(14-12-22)18-28(35)32-7/h9-10,15-17,20-22,33H,2,8,11-14,18H2,1,3-7H3,(H,32,35)/b24-15+,26-17+. The van der Waals surface area contributed by atoms with E-state index in [4.69, 9.17) is 0 Å². The van der Waals surface area contributed by atoms with Gasteiger partial charge in [-0.1, -0.05) is 52.0 Å². The summed E-state index contributed by atoms with van der Waals surface area (Å²) in [5, 5.41) is 3.93. The fourth-order valence-electron chi connectivity index (χ4n) is 4.96. The molecule has 2 N–H and O–H groups in total. The van der Waals surface area contributed by atoms with Crippen molar-refractivity contribution in [3.05, 3.63) is 65.2 Å². The maximum Gasteiger partial charge on any atom is 0.233 e. The highest BCUT2D eigenvalue weighted by Crippen LogP contribution is 2.38. The number of aromatic amines is 1. The van der Waals surface area contributed by atoms with Crippen molar-refractivity contribution < 1.29 is 9.18 Å². The lowest BCUT2D eigenvalue weighted by Crippen LogP contribution is -2.40. The lowest BCUT2D eigenvalue weighted by atomic mass is 9.87. The first kappa shape index (κ1) is 26.9. The summed E-state index contributed by atoms with van der Waals surface area (Å²) in [4.78, 5) is 17.6. The first-order valence-corrected chi connectivity index (χ1v) is 13.0. The molecule has 5 heteroatoms. The first-order chi connectivity index (χ1) is 16.6. The van der Waals surface area contributed by atoms with Gasteiger partial charge in [0.05, 0.1) is 12.2 Å². The van der Waals surface area contributed by atoms with Gasteiger partial charge in [-0.2, -0.15) is 0 Å². The van der Waals surface area contributed by atoms with Crippen LogP contribution in [0.2, 0.25) is 0 Å². The molecule has 1 atom stereocenters. The molecule has 3 rings (SSSR count). The van der Waals surface area contributed by atoms with Gasteiger partial charge in [-0.15, -0.1) is 0 Å². The summed E-state index contributed by atoms with van der Waals surface area (Å²) in [6, 6.07) is 6.73. The molecule has 1 unspecified atom stereocenters. The Balaban J connectivity index is 1.98. The highest BCUT2D eigenvalue weighted by Gasteiger charge is 2.24. The first-order valence-electron chi connectivity index (χ1n) is 13.0. The molecule has 1 aliphatic rings. The third kappa shape index (κ3) is 6.52. The predicted molar refractivity (Wildman–Crippen MR) is 146 cm³/mol. The van der Waals surface area contributed by atoms with Gasteiger partial charge < -0.3 is 10.3 Å². The second kappa shape index (κ2) is 11.9. The number of allylic oxidation sites excluding steroid dienone is 5. The van der Waals surface area contributed by atoms with E-state index in [0.717, 1.165) is 54.7 Å². The van der Waals surface area contributed by atoms with Crippen LogP contribution in [-0.2, 0) is 4.79 Å². The second-order valence-corrected chi connectivity index (χ2v) is 10.4. The maximum absolute atomic E-state index is 15.0. The van der Waals surface area contributed by atoms with Crippen molar-refractivity contribution in [3.8, 4) is 0 Å². The Morgan fingerprint density at radius 3 is 2.51 bits per heavy atom. The predicted octanol–water partition coefficient (Wildman–Crippen LogP) is 7.08. The van der Waals surface area contributed by atoms with Gasteiger partial charge in [0, 0.05) is 29.4 Å². The second-order valence-electron chi connectivity index (χ2n) is 10.4. The molecule has 1 amide bonds. The number of likely N-dealkylation sites (N-methyl/N-ethyl adjacent to an activating group) is 1. The number of nitrogens with zero attached hydrogens (tertiary/aromatic N) is 1. The molecule has 35 heavy (non-hydrogen) atoms. The molecule has 0 spiro atoms. The number of H-pyrrole nitrogens is 1. The molecule has 0 saturated carbocycles. The normalized spacial score (nSPS) is 17.3. The van der Waals surface area contributed by atoms with E-state index in [9.17, 15) is 9.18 Å². The molecule has 4 nitrogen and oxygen atoms in total. The number of benzene rings is 1. The number of amides is 1. The van der Waals surface area contributed by atoms with E-state index in [1.807, 2.05) is 26.8 Å². The number of carbonyl (C=O) groups excluding carboxylic acids is 1. The number of carbonyl (C=O) groups is 1. The monoisotopic (exact) mass is 479 g/mol. The largest absolute Gasteiger partial charge is 0.358 e. The van der Waals surface area contributed by atoms with Gasteiger partial charge in [0.2, 0.25) is 5.91 Å². The zero-order valence-electron chi connectivity index (χ0n) is 22.3. The van der Waals surface area contributed by atoms with Crippen molar-refractivity contribution >= 4 is 22.4 Å². The molecule has 0 radical (unpaired) electrons. The Kier molecular flexibility index (Phi) is 9.12. The summed E-state index contributed by atoms with van der Waals surface area (Å²) < 4.78 is 15.0. The van der Waals surface area contributed by atoms with Gasteiger partial charge in [0.1, 0.15) is 5.83 Å². The topological polar surface area (TPSA) is 48.1 Å². The van der Waals surface area contributed by atoms with Crippen LogP contribution in [0, 0.1) is 5.92 Å². The number of likely N-dealkylation sites (tertiary alicyclic amines) is 1. The smallest absolute Gasteiger partial charge is 0.233 e. The minimum atomic E-state index is -0.115. The van der Waals surface area contributed by atoms with Crippen molar-refractivity contribution in [1.82, 2.24) is 15.2 Å². The number of nitrogens with one attached hydrogen (secondary N) is 2. The van der Waals surface area contributed by atoms with Crippen LogP contribution < -0.4 is 5.32 Å². The van der Waals surface area contributed by atoms with Crippen molar-refractivity contribution in [2.24, 2.45) is 5.92 Å². The number of halogens is 1. The van der Waals surface area contributed by atoms with Gasteiger partial charge in [-0.25, -0.2) is 4.39 Å². The van der Waals surface area contributed by atoms with Gasteiger partial charge in [0.25, 0.3) is 0 Å². The number of fused-ring (bicyclic) bond motifs is 1. The average Bonchev–Trinajstić information content (AvgIpc) is 3.22. The van der Waals surface area contributed by atoms with Crippen LogP contribution in [0.15, 0.2) is 48.3 Å². The lowest BCUT2D eigenvalue weighted by molar-refractivity contribution is -0.122. The molecule has 1 saturated heterocycles. The van der Waals surface area contributed by atoms with Crippen LogP contribution in [-0.4, -0.2) is 42.5 Å². The number of hydrogen-bond donors (Lipinski definition) is 2. The van der Waals surface area contributed by atoms with E-state index >= 15 is 0 Å². The highest BCUT2D eigenvalue weighted by molar-refractivity contribution is 5.92. The molecule has 1 fully saturated rings. The van der Waals surface area contributed by atoms with E-state index < -0.39 is 0 Å². The Bertz CT molecular complexity index is 1120. The van der Waals surface area contributed by atoms with Gasteiger partial charge in [0.15, 0.2) is 0 Å². The SMILES string of the molecule is C=C(C)/C=C(\C=C(\F)C(C)CC)c1[nH]c2ccc(C3CCN(CC(=O)NC)CC3)cc2c1C(C)C. The van der Waals surface area contributed by atoms with Gasteiger partial charge in [-0.3, -0.25) is 9.69 Å². The van der Waals surface area contributed by atoms with Crippen LogP contribution in [0.1, 0.15) is 82.5 Å². The van der Waals surface area contributed by atoms with E-state index in [1.165, 1.54) is 16.5 Å². The average molecular weight is 480 g/mol. The van der Waals surface area contributed by atoms with Gasteiger partial charge >= 0.3 is 0 Å². The molecule has 1 aliphatic heterocycles. The van der Waals surface area contributed by atoms with Crippen LogP contribution in [0.3, 0.4) is 0 Å². The summed E-state index contributed by atoms with van der Waals surface area (Å²) in [7, 11) is 1.69. The van der Waals surface area contributed by atoms with Crippen molar-refractivity contribution in [1.29, 1.82) is 0 Å². The van der Waals surface area contributed by atoms with E-state index in [2.05, 4.69) is 53.8 Å². The van der Waals surface area contributed by atoms with Crippen LogP contribution in [0.4, 0.5) is 4.39 Å². The Morgan fingerprint density at radius 1 is 1.26 bits per heavy atom. The maximum atomic E-state index is 15.0. The van der Waals surface area contributed by atoms with Crippen molar-refractivity contribution in [2.75, 3.05) is 26.7 Å². The van der Waals surface area contributed by atoms with Crippen LogP contribution in [0.25, 0.3) is 16.5 Å². The molecule has 190 valence electrons. The number of rotatable bonds is 9. The Hall–Kier alpha value is -2.66. The van der Waals surface area contributed by atoms with E-state index in [-0.39, 0.29) is 23.6 Å². The third-order valence-corrected chi connectivity index (χ3v) is 7.21. The molecule has 0 aliphatic carbocycles. The lowest BCUT2D eigenvalue weighted by Gasteiger charge is -2.31. The number of piperidine rings is 1. The molecule has 1 aromatic heterocycles. The van der Waals surface area contributed by atoms with Gasteiger partial charge in [-0.05, 0) is 80.4 Å². The third-order valence-electron chi connectivity index (χ3n) is 7.21. The molecule has 2 heterocycles. The van der Waals surface area contributed by atoms with E-state index in [1.54, 1.807) is 13.1 Å². The molecular formula is C30H42FN3O. The molecular weight excluding hydrogens is 437 g/mol. The summed E-state index contributed by atoms with van der Waals surface area (Å²) in [6.07, 6.45) is 6.50. The number of aromatic nitrogens is 1. The Morgan fingerprint density at radius 2 is 1.94 bits per heavy atom. The van der Waals surface area contributed by atoms with Crippen molar-refractivity contribution in [3.63, 3.8) is 0 Å². The summed E-state index contributed by atoms with van der Waals surface area (Å²) >= 11 is 0. The fraction of sp³-hybridized carbons (Fsp3) is 0.500. The quantitative estimate of drug-likeness (QED) is 0.378. The molecule has 2 aromatic rings. The molecule has 1 aromatic carbocycles.